The highest BCUT2D eigenvalue weighted by molar-refractivity contribution is 7.91. The van der Waals surface area contributed by atoms with Gasteiger partial charge in [0, 0.05) is 31.3 Å². The molecule has 1 aliphatic heterocycles. The second-order valence-electron chi connectivity index (χ2n) is 5.63. The molecule has 0 bridgehead atoms. The van der Waals surface area contributed by atoms with Crippen molar-refractivity contribution in [3.63, 3.8) is 0 Å². The number of benzene rings is 1. The summed E-state index contributed by atoms with van der Waals surface area (Å²) in [5.41, 5.74) is 5.10. The van der Waals surface area contributed by atoms with Gasteiger partial charge in [-0.15, -0.1) is 12.4 Å². The fraction of sp³-hybridized carbons (Fsp3) is 0.533. The lowest BCUT2D eigenvalue weighted by Gasteiger charge is -2.34. The highest BCUT2D eigenvalue weighted by Gasteiger charge is 2.38. The summed E-state index contributed by atoms with van der Waals surface area (Å²) in [6, 6.07) is 5.97. The Morgan fingerprint density at radius 2 is 1.83 bits per heavy atom. The number of carbonyl (C=O) groups excluding carboxylic acids is 1. The average Bonchev–Trinajstić information content (AvgIpc) is 2.55. The van der Waals surface area contributed by atoms with Crippen molar-refractivity contribution >= 4 is 39.8 Å². The first-order valence-corrected chi connectivity index (χ1v) is 9.47. The Morgan fingerprint density at radius 1 is 1.25 bits per heavy atom. The standard InChI is InChI=1S/C15H21ClN2O4S.ClH/c16-12-1-3-13(4-2-12)23(20,21)10-7-18-14(19)15(11-17)5-8-22-9-6-15;/h1-4H,5-11,17H2,(H,18,19);1H. The van der Waals surface area contributed by atoms with E-state index in [1.54, 1.807) is 0 Å². The van der Waals surface area contributed by atoms with E-state index in [1.165, 1.54) is 24.3 Å². The number of rotatable bonds is 6. The van der Waals surface area contributed by atoms with Crippen LogP contribution in [0.3, 0.4) is 0 Å². The number of amides is 1. The van der Waals surface area contributed by atoms with Gasteiger partial charge in [0.05, 0.1) is 16.1 Å². The maximum Gasteiger partial charge on any atom is 0.227 e. The summed E-state index contributed by atoms with van der Waals surface area (Å²) in [6.45, 7) is 1.26. The van der Waals surface area contributed by atoms with Gasteiger partial charge in [-0.2, -0.15) is 0 Å². The Morgan fingerprint density at radius 3 is 2.38 bits per heavy atom. The van der Waals surface area contributed by atoms with Gasteiger partial charge in [0.2, 0.25) is 5.91 Å². The average molecular weight is 397 g/mol. The van der Waals surface area contributed by atoms with Crippen LogP contribution in [0.2, 0.25) is 5.02 Å². The van der Waals surface area contributed by atoms with Crippen LogP contribution in [0.5, 0.6) is 0 Å². The van der Waals surface area contributed by atoms with Crippen LogP contribution in [0.1, 0.15) is 12.8 Å². The molecule has 1 aliphatic rings. The highest BCUT2D eigenvalue weighted by Crippen LogP contribution is 2.29. The fourth-order valence-corrected chi connectivity index (χ4v) is 3.82. The van der Waals surface area contributed by atoms with E-state index in [4.69, 9.17) is 22.1 Å². The van der Waals surface area contributed by atoms with Crippen LogP contribution in [-0.2, 0) is 19.4 Å². The Hall–Kier alpha value is -0.860. The van der Waals surface area contributed by atoms with Crippen molar-refractivity contribution in [3.8, 4) is 0 Å². The molecule has 9 heteroatoms. The third kappa shape index (κ3) is 5.07. The van der Waals surface area contributed by atoms with E-state index in [-0.39, 0.29) is 42.1 Å². The summed E-state index contributed by atoms with van der Waals surface area (Å²) >= 11 is 5.75. The number of nitrogens with one attached hydrogen (secondary N) is 1. The summed E-state index contributed by atoms with van der Waals surface area (Å²) in [4.78, 5) is 12.5. The molecule has 0 spiro atoms. The van der Waals surface area contributed by atoms with Crippen molar-refractivity contribution in [2.75, 3.05) is 32.1 Å². The first-order chi connectivity index (χ1) is 10.9. The Balaban J connectivity index is 0.00000288. The van der Waals surface area contributed by atoms with E-state index in [0.29, 0.717) is 31.1 Å². The predicted octanol–water partition coefficient (Wildman–Crippen LogP) is 1.41. The van der Waals surface area contributed by atoms with Gasteiger partial charge in [-0.3, -0.25) is 4.79 Å². The molecular formula is C15H22Cl2N2O4S. The first kappa shape index (κ1) is 21.2. The first-order valence-electron chi connectivity index (χ1n) is 7.44. The third-order valence-corrected chi connectivity index (χ3v) is 6.14. The maximum absolute atomic E-state index is 12.4. The lowest BCUT2D eigenvalue weighted by molar-refractivity contribution is -0.135. The number of sulfone groups is 1. The van der Waals surface area contributed by atoms with Crippen molar-refractivity contribution in [2.24, 2.45) is 11.1 Å². The lowest BCUT2D eigenvalue weighted by atomic mass is 9.79. The number of carbonyl (C=O) groups is 1. The summed E-state index contributed by atoms with van der Waals surface area (Å²) in [5.74, 6) is -0.369. The summed E-state index contributed by atoms with van der Waals surface area (Å²) in [5, 5.41) is 3.18. The summed E-state index contributed by atoms with van der Waals surface area (Å²) in [6.07, 6.45) is 1.11. The second-order valence-corrected chi connectivity index (χ2v) is 8.17. The van der Waals surface area contributed by atoms with Gasteiger partial charge in [0.25, 0.3) is 0 Å². The molecule has 1 saturated heterocycles. The number of hydrogen-bond donors (Lipinski definition) is 2. The zero-order valence-corrected chi connectivity index (χ0v) is 15.6. The molecule has 0 aromatic heterocycles. The van der Waals surface area contributed by atoms with Gasteiger partial charge in [0.15, 0.2) is 9.84 Å². The molecule has 3 N–H and O–H groups in total. The Kier molecular flexibility index (Phi) is 7.95. The smallest absolute Gasteiger partial charge is 0.227 e. The topological polar surface area (TPSA) is 98.5 Å². The molecule has 1 aromatic rings. The minimum absolute atomic E-state index is 0. The molecule has 6 nitrogen and oxygen atoms in total. The lowest BCUT2D eigenvalue weighted by Crippen LogP contribution is -2.49. The van der Waals surface area contributed by atoms with Crippen molar-refractivity contribution in [1.29, 1.82) is 0 Å². The highest BCUT2D eigenvalue weighted by atomic mass is 35.5. The number of hydrogen-bond acceptors (Lipinski definition) is 5. The largest absolute Gasteiger partial charge is 0.381 e. The molecule has 1 heterocycles. The van der Waals surface area contributed by atoms with Gasteiger partial charge in [-0.1, -0.05) is 11.6 Å². The molecule has 1 amide bonds. The van der Waals surface area contributed by atoms with Gasteiger partial charge in [-0.05, 0) is 37.1 Å². The predicted molar refractivity (Wildman–Crippen MR) is 95.3 cm³/mol. The normalized spacial score (nSPS) is 16.9. The zero-order valence-electron chi connectivity index (χ0n) is 13.2. The molecule has 136 valence electrons. The summed E-state index contributed by atoms with van der Waals surface area (Å²) in [7, 11) is -3.46. The quantitative estimate of drug-likeness (QED) is 0.756. The molecule has 0 radical (unpaired) electrons. The zero-order chi connectivity index (χ0) is 16.9. The van der Waals surface area contributed by atoms with Crippen LogP contribution in [0.15, 0.2) is 29.2 Å². The van der Waals surface area contributed by atoms with Crippen LogP contribution in [0.4, 0.5) is 0 Å². The summed E-state index contributed by atoms with van der Waals surface area (Å²) < 4.78 is 29.7. The van der Waals surface area contributed by atoms with Crippen molar-refractivity contribution < 1.29 is 17.9 Å². The van der Waals surface area contributed by atoms with Crippen molar-refractivity contribution in [2.45, 2.75) is 17.7 Å². The van der Waals surface area contributed by atoms with Gasteiger partial charge in [-0.25, -0.2) is 8.42 Å². The van der Waals surface area contributed by atoms with Crippen molar-refractivity contribution in [3.05, 3.63) is 29.3 Å². The number of nitrogens with two attached hydrogens (primary N) is 1. The van der Waals surface area contributed by atoms with E-state index in [2.05, 4.69) is 5.32 Å². The molecule has 1 fully saturated rings. The monoisotopic (exact) mass is 396 g/mol. The second kappa shape index (κ2) is 9.01. The van der Waals surface area contributed by atoms with E-state index in [1.807, 2.05) is 0 Å². The third-order valence-electron chi connectivity index (χ3n) is 4.15. The Bertz CT molecular complexity index is 644. The molecule has 2 rings (SSSR count). The Labute approximate surface area is 153 Å². The van der Waals surface area contributed by atoms with Crippen LogP contribution >= 0.6 is 24.0 Å². The van der Waals surface area contributed by atoms with Crippen LogP contribution in [0, 0.1) is 5.41 Å². The minimum atomic E-state index is -3.46. The van der Waals surface area contributed by atoms with E-state index >= 15 is 0 Å². The SMILES string of the molecule is Cl.NCC1(C(=O)NCCS(=O)(=O)c2ccc(Cl)cc2)CCOCC1. The minimum Gasteiger partial charge on any atom is -0.381 e. The van der Waals surface area contributed by atoms with Crippen LogP contribution < -0.4 is 11.1 Å². The molecule has 0 unspecified atom stereocenters. The molecule has 0 saturated carbocycles. The molecule has 1 aromatic carbocycles. The van der Waals surface area contributed by atoms with E-state index < -0.39 is 15.3 Å². The van der Waals surface area contributed by atoms with Crippen molar-refractivity contribution in [1.82, 2.24) is 5.32 Å². The van der Waals surface area contributed by atoms with Crippen LogP contribution in [-0.4, -0.2) is 46.4 Å². The molecule has 24 heavy (non-hydrogen) atoms. The van der Waals surface area contributed by atoms with E-state index in [0.717, 1.165) is 0 Å². The number of ether oxygens (including phenoxy) is 1. The van der Waals surface area contributed by atoms with Gasteiger partial charge < -0.3 is 15.8 Å². The molecular weight excluding hydrogens is 375 g/mol. The molecule has 0 aliphatic carbocycles. The van der Waals surface area contributed by atoms with Gasteiger partial charge >= 0.3 is 0 Å². The molecule has 0 atom stereocenters. The van der Waals surface area contributed by atoms with Crippen LogP contribution in [0.25, 0.3) is 0 Å². The van der Waals surface area contributed by atoms with E-state index in [9.17, 15) is 13.2 Å². The van der Waals surface area contributed by atoms with Gasteiger partial charge in [0.1, 0.15) is 0 Å². The number of halogens is 2. The maximum atomic E-state index is 12.4. The fourth-order valence-electron chi connectivity index (χ4n) is 2.53.